The van der Waals surface area contributed by atoms with Crippen molar-refractivity contribution in [3.63, 3.8) is 0 Å². The van der Waals surface area contributed by atoms with E-state index in [4.69, 9.17) is 17.5 Å². The van der Waals surface area contributed by atoms with Crippen molar-refractivity contribution in [2.75, 3.05) is 6.54 Å². The molecule has 6 nitrogen and oxygen atoms in total. The van der Waals surface area contributed by atoms with Crippen molar-refractivity contribution in [1.82, 2.24) is 5.32 Å². The van der Waals surface area contributed by atoms with Gasteiger partial charge in [-0.2, -0.15) is 8.42 Å². The highest BCUT2D eigenvalue weighted by Crippen LogP contribution is 2.09. The molecule has 15 heavy (non-hydrogen) atoms. The lowest BCUT2D eigenvalue weighted by molar-refractivity contribution is -0.116. The summed E-state index contributed by atoms with van der Waals surface area (Å²) in [5, 5.41) is 2.72. The van der Waals surface area contributed by atoms with Crippen LogP contribution in [0.4, 0.5) is 0 Å². The van der Waals surface area contributed by atoms with Gasteiger partial charge in [-0.1, -0.05) is 27.4 Å². The van der Waals surface area contributed by atoms with E-state index >= 15 is 0 Å². The highest BCUT2D eigenvalue weighted by molar-refractivity contribution is 7.79. The van der Waals surface area contributed by atoms with Gasteiger partial charge < -0.3 is 5.32 Å². The molecule has 0 rings (SSSR count). The van der Waals surface area contributed by atoms with Crippen LogP contribution >= 0.6 is 0 Å². The minimum absolute atomic E-state index is 0.102. The Labute approximate surface area is 90.0 Å². The molecule has 0 aromatic rings. The van der Waals surface area contributed by atoms with Crippen molar-refractivity contribution < 1.29 is 22.3 Å². The third kappa shape index (κ3) is 32.0. The van der Waals surface area contributed by atoms with Crippen molar-refractivity contribution in [2.24, 2.45) is 5.41 Å². The lowest BCUT2D eigenvalue weighted by Crippen LogP contribution is -2.30. The minimum atomic E-state index is -4.67. The Bertz CT molecular complexity index is 293. The summed E-state index contributed by atoms with van der Waals surface area (Å²) in [6, 6.07) is 0. The molecule has 0 heterocycles. The first kappa shape index (κ1) is 16.5. The highest BCUT2D eigenvalue weighted by atomic mass is 32.3. The van der Waals surface area contributed by atoms with Gasteiger partial charge in [0, 0.05) is 6.54 Å². The first-order valence-electron chi connectivity index (χ1n) is 4.06. The SMILES string of the molecule is C=CC(=O)NCC(C)(C)C.O=S(=O)(O)O. The van der Waals surface area contributed by atoms with Gasteiger partial charge in [-0.25, -0.2) is 0 Å². The summed E-state index contributed by atoms with van der Waals surface area (Å²) < 4.78 is 31.6. The number of carbonyl (C=O) groups is 1. The van der Waals surface area contributed by atoms with Crippen molar-refractivity contribution in [3.05, 3.63) is 12.7 Å². The molecule has 3 N–H and O–H groups in total. The standard InChI is InChI=1S/C8H15NO.H2O4S/c1-5-7(10)9-6-8(2,3)4;1-5(2,3)4/h5H,1,6H2,2-4H3,(H,9,10);(H2,1,2,3,4). The zero-order chi connectivity index (χ0) is 12.7. The molecule has 0 aliphatic rings. The molecule has 0 aromatic carbocycles. The predicted molar refractivity (Wildman–Crippen MR) is 56.8 cm³/mol. The van der Waals surface area contributed by atoms with Crippen molar-refractivity contribution in [1.29, 1.82) is 0 Å². The fourth-order valence-electron chi connectivity index (χ4n) is 0.424. The van der Waals surface area contributed by atoms with E-state index in [1.54, 1.807) is 0 Å². The van der Waals surface area contributed by atoms with Gasteiger partial charge >= 0.3 is 10.4 Å². The normalized spacial score (nSPS) is 11.0. The van der Waals surface area contributed by atoms with Crippen LogP contribution in [0.1, 0.15) is 20.8 Å². The molecule has 0 unspecified atom stereocenters. The fourth-order valence-corrected chi connectivity index (χ4v) is 0.424. The van der Waals surface area contributed by atoms with Crippen LogP contribution < -0.4 is 5.32 Å². The van der Waals surface area contributed by atoms with Gasteiger partial charge in [-0.15, -0.1) is 0 Å². The van der Waals surface area contributed by atoms with Crippen LogP contribution in [0.2, 0.25) is 0 Å². The Morgan fingerprint density at radius 2 is 1.73 bits per heavy atom. The Hall–Kier alpha value is -0.920. The maximum Gasteiger partial charge on any atom is 0.394 e. The van der Waals surface area contributed by atoms with E-state index in [0.717, 1.165) is 0 Å². The Morgan fingerprint density at radius 3 is 1.93 bits per heavy atom. The fraction of sp³-hybridized carbons (Fsp3) is 0.625. The second kappa shape index (κ2) is 6.54. The second-order valence-corrected chi connectivity index (χ2v) is 4.83. The van der Waals surface area contributed by atoms with E-state index in [2.05, 4.69) is 32.7 Å². The smallest absolute Gasteiger partial charge is 0.352 e. The van der Waals surface area contributed by atoms with Gasteiger partial charge in [0.1, 0.15) is 0 Å². The van der Waals surface area contributed by atoms with Crippen LogP contribution in [0.5, 0.6) is 0 Å². The van der Waals surface area contributed by atoms with E-state index in [1.807, 2.05) is 0 Å². The molecule has 7 heteroatoms. The van der Waals surface area contributed by atoms with Crippen LogP contribution in [0.25, 0.3) is 0 Å². The quantitative estimate of drug-likeness (QED) is 0.485. The largest absolute Gasteiger partial charge is 0.394 e. The van der Waals surface area contributed by atoms with Crippen LogP contribution in [-0.4, -0.2) is 30.0 Å². The molecule has 0 radical (unpaired) electrons. The first-order chi connectivity index (χ1) is 6.45. The molecule has 0 fully saturated rings. The molecule has 1 amide bonds. The third-order valence-electron chi connectivity index (χ3n) is 0.978. The van der Waals surface area contributed by atoms with Crippen molar-refractivity contribution >= 4 is 16.3 Å². The average molecular weight is 239 g/mol. The molecule has 0 bridgehead atoms. The topological polar surface area (TPSA) is 104 Å². The van der Waals surface area contributed by atoms with E-state index in [1.165, 1.54) is 6.08 Å². The highest BCUT2D eigenvalue weighted by Gasteiger charge is 2.09. The van der Waals surface area contributed by atoms with Gasteiger partial charge in [0.05, 0.1) is 0 Å². The number of rotatable bonds is 2. The predicted octanol–water partition coefficient (Wildman–Crippen LogP) is 0.682. The van der Waals surface area contributed by atoms with Gasteiger partial charge in [0.15, 0.2) is 0 Å². The van der Waals surface area contributed by atoms with Crippen molar-refractivity contribution in [2.45, 2.75) is 20.8 Å². The third-order valence-corrected chi connectivity index (χ3v) is 0.978. The molecule has 0 saturated heterocycles. The zero-order valence-electron chi connectivity index (χ0n) is 9.02. The summed E-state index contributed by atoms with van der Waals surface area (Å²) >= 11 is 0. The molecule has 0 aromatic heterocycles. The van der Waals surface area contributed by atoms with Gasteiger partial charge in [-0.3, -0.25) is 13.9 Å². The summed E-state index contributed by atoms with van der Waals surface area (Å²) in [6.45, 7) is 10.2. The van der Waals surface area contributed by atoms with Crippen LogP contribution in [0.15, 0.2) is 12.7 Å². The summed E-state index contributed by atoms with van der Waals surface area (Å²) in [6.07, 6.45) is 1.28. The first-order valence-corrected chi connectivity index (χ1v) is 5.45. The molecule has 0 aliphatic carbocycles. The second-order valence-electron chi connectivity index (χ2n) is 3.93. The van der Waals surface area contributed by atoms with E-state index < -0.39 is 10.4 Å². The zero-order valence-corrected chi connectivity index (χ0v) is 9.84. The van der Waals surface area contributed by atoms with Crippen LogP contribution in [-0.2, 0) is 15.2 Å². The molecule has 0 atom stereocenters. The molecular weight excluding hydrogens is 222 g/mol. The van der Waals surface area contributed by atoms with Gasteiger partial charge in [0.2, 0.25) is 5.91 Å². The summed E-state index contributed by atoms with van der Waals surface area (Å²) in [5.41, 5.74) is 0.151. The number of hydrogen-bond acceptors (Lipinski definition) is 3. The van der Waals surface area contributed by atoms with Gasteiger partial charge in [0.25, 0.3) is 0 Å². The van der Waals surface area contributed by atoms with Gasteiger partial charge in [-0.05, 0) is 11.5 Å². The Kier molecular flexibility index (Phi) is 7.20. The summed E-state index contributed by atoms with van der Waals surface area (Å²) in [5.74, 6) is -0.102. The minimum Gasteiger partial charge on any atom is -0.352 e. The monoisotopic (exact) mass is 239 g/mol. The number of nitrogens with one attached hydrogen (secondary N) is 1. The molecule has 0 spiro atoms. The molecule has 90 valence electrons. The van der Waals surface area contributed by atoms with Crippen molar-refractivity contribution in [3.8, 4) is 0 Å². The molecular formula is C8H17NO5S. The number of carbonyl (C=O) groups excluding carboxylic acids is 1. The van der Waals surface area contributed by atoms with E-state index in [-0.39, 0.29) is 11.3 Å². The van der Waals surface area contributed by atoms with E-state index in [9.17, 15) is 4.79 Å². The lowest BCUT2D eigenvalue weighted by Gasteiger charge is -2.17. The molecule has 0 saturated carbocycles. The number of hydrogen-bond donors (Lipinski definition) is 3. The Balaban J connectivity index is 0. The molecule has 0 aliphatic heterocycles. The van der Waals surface area contributed by atoms with Crippen LogP contribution in [0.3, 0.4) is 0 Å². The van der Waals surface area contributed by atoms with Crippen LogP contribution in [0, 0.1) is 5.41 Å². The van der Waals surface area contributed by atoms with E-state index in [0.29, 0.717) is 6.54 Å². The maximum atomic E-state index is 10.6. The average Bonchev–Trinajstić information content (AvgIpc) is 1.95. The number of amides is 1. The summed E-state index contributed by atoms with van der Waals surface area (Å²) in [4.78, 5) is 10.6. The Morgan fingerprint density at radius 1 is 1.40 bits per heavy atom. The summed E-state index contributed by atoms with van der Waals surface area (Å²) in [7, 11) is -4.67. The maximum absolute atomic E-state index is 10.6. The lowest BCUT2D eigenvalue weighted by atomic mass is 9.97.